The predicted octanol–water partition coefficient (Wildman–Crippen LogP) is 1.74. The molecule has 1 heterocycles. The second-order valence-electron chi connectivity index (χ2n) is 3.98. The van der Waals surface area contributed by atoms with E-state index in [1.807, 2.05) is 36.4 Å². The van der Waals surface area contributed by atoms with Gasteiger partial charge in [0.05, 0.1) is 17.9 Å². The zero-order valence-corrected chi connectivity index (χ0v) is 10.2. The van der Waals surface area contributed by atoms with Crippen LogP contribution in [0.5, 0.6) is 0 Å². The average molecular weight is 243 g/mol. The number of nitrogens with two attached hydrogens (primary N) is 1. The summed E-state index contributed by atoms with van der Waals surface area (Å²) in [5.41, 5.74) is 4.52. The summed E-state index contributed by atoms with van der Waals surface area (Å²) in [5.74, 6) is 5.53. The van der Waals surface area contributed by atoms with E-state index in [1.54, 1.807) is 11.0 Å². The molecule has 0 fully saturated rings. The Hall–Kier alpha value is -1.98. The Morgan fingerprint density at radius 1 is 1.39 bits per heavy atom. The minimum atomic E-state index is 0.000428. The number of benzene rings is 1. The Balaban J connectivity index is 2.16. The van der Waals surface area contributed by atoms with E-state index >= 15 is 0 Å². The molecule has 0 aliphatic heterocycles. The van der Waals surface area contributed by atoms with Crippen LogP contribution in [0.2, 0.25) is 0 Å². The highest BCUT2D eigenvalue weighted by atomic mass is 15.5. The summed E-state index contributed by atoms with van der Waals surface area (Å²) in [6.07, 6.45) is 5.34. The third-order valence-electron chi connectivity index (χ3n) is 2.71. The van der Waals surface area contributed by atoms with Gasteiger partial charge in [0.15, 0.2) is 0 Å². The fraction of sp³-hybridized carbons (Fsp3) is 0.231. The molecule has 0 bridgehead atoms. The number of nitrogens with one attached hydrogen (secondary N) is 1. The molecule has 1 unspecified atom stereocenters. The lowest BCUT2D eigenvalue weighted by atomic mass is 10.1. The van der Waals surface area contributed by atoms with Crippen molar-refractivity contribution in [2.45, 2.75) is 18.9 Å². The number of nitrogens with zero attached hydrogens (tertiary/aromatic N) is 3. The van der Waals surface area contributed by atoms with E-state index in [-0.39, 0.29) is 6.04 Å². The molecule has 1 aromatic heterocycles. The maximum Gasteiger partial charge on any atom is 0.101 e. The van der Waals surface area contributed by atoms with Gasteiger partial charge in [-0.15, -0.1) is 6.58 Å². The van der Waals surface area contributed by atoms with Crippen LogP contribution in [0.25, 0.3) is 5.69 Å². The Morgan fingerprint density at radius 3 is 2.83 bits per heavy atom. The highest BCUT2D eigenvalue weighted by Gasteiger charge is 2.13. The van der Waals surface area contributed by atoms with Gasteiger partial charge in [-0.3, -0.25) is 11.3 Å². The summed E-state index contributed by atoms with van der Waals surface area (Å²) in [5, 5.41) is 8.68. The van der Waals surface area contributed by atoms with Crippen molar-refractivity contribution in [3.05, 3.63) is 54.9 Å². The number of hydrogen-bond donors (Lipinski definition) is 2. The summed E-state index contributed by atoms with van der Waals surface area (Å²) < 4.78 is 0. The van der Waals surface area contributed by atoms with Gasteiger partial charge in [-0.05, 0) is 25.0 Å². The van der Waals surface area contributed by atoms with E-state index in [1.165, 1.54) is 0 Å². The summed E-state index contributed by atoms with van der Waals surface area (Å²) in [4.78, 5) is 1.60. The molecule has 5 nitrogen and oxygen atoms in total. The Morgan fingerprint density at radius 2 is 2.17 bits per heavy atom. The smallest absolute Gasteiger partial charge is 0.101 e. The molecule has 3 N–H and O–H groups in total. The van der Waals surface area contributed by atoms with Crippen molar-refractivity contribution in [3.8, 4) is 5.69 Å². The summed E-state index contributed by atoms with van der Waals surface area (Å²) in [6, 6.07) is 9.78. The molecular formula is C13H17N5. The first-order valence-corrected chi connectivity index (χ1v) is 5.90. The number of rotatable bonds is 6. The Labute approximate surface area is 106 Å². The van der Waals surface area contributed by atoms with Crippen molar-refractivity contribution in [1.29, 1.82) is 0 Å². The van der Waals surface area contributed by atoms with Crippen LogP contribution in [0.15, 0.2) is 49.2 Å². The van der Waals surface area contributed by atoms with Gasteiger partial charge in [-0.2, -0.15) is 15.0 Å². The van der Waals surface area contributed by atoms with Gasteiger partial charge in [0.1, 0.15) is 5.69 Å². The van der Waals surface area contributed by atoms with Crippen LogP contribution in [-0.2, 0) is 0 Å². The van der Waals surface area contributed by atoms with Gasteiger partial charge in [0.2, 0.25) is 0 Å². The maximum absolute atomic E-state index is 5.53. The fourth-order valence-corrected chi connectivity index (χ4v) is 1.72. The first-order chi connectivity index (χ1) is 8.85. The molecule has 1 aromatic carbocycles. The molecule has 1 atom stereocenters. The fourth-order valence-electron chi connectivity index (χ4n) is 1.72. The molecule has 0 spiro atoms. The molecule has 0 saturated heterocycles. The predicted molar refractivity (Wildman–Crippen MR) is 70.9 cm³/mol. The van der Waals surface area contributed by atoms with Gasteiger partial charge < -0.3 is 0 Å². The number of hydrogen-bond acceptors (Lipinski definition) is 4. The lowest BCUT2D eigenvalue weighted by molar-refractivity contribution is 0.504. The second-order valence-corrected chi connectivity index (χ2v) is 3.98. The Bertz CT molecular complexity index is 491. The van der Waals surface area contributed by atoms with Crippen molar-refractivity contribution in [3.63, 3.8) is 0 Å². The molecule has 18 heavy (non-hydrogen) atoms. The SMILES string of the molecule is C=CCCC(NN)c1cnn(-c2ccccc2)n1. The molecule has 0 aliphatic rings. The van der Waals surface area contributed by atoms with E-state index in [2.05, 4.69) is 22.2 Å². The topological polar surface area (TPSA) is 68.8 Å². The zero-order valence-electron chi connectivity index (χ0n) is 10.2. The van der Waals surface area contributed by atoms with Crippen LogP contribution >= 0.6 is 0 Å². The van der Waals surface area contributed by atoms with Gasteiger partial charge in [0.25, 0.3) is 0 Å². The summed E-state index contributed by atoms with van der Waals surface area (Å²) >= 11 is 0. The molecular weight excluding hydrogens is 226 g/mol. The van der Waals surface area contributed by atoms with E-state index in [0.717, 1.165) is 24.2 Å². The first kappa shape index (κ1) is 12.5. The molecule has 2 rings (SSSR count). The summed E-state index contributed by atoms with van der Waals surface area (Å²) in [6.45, 7) is 3.70. The largest absolute Gasteiger partial charge is 0.271 e. The average Bonchev–Trinajstić information content (AvgIpc) is 2.90. The van der Waals surface area contributed by atoms with Crippen LogP contribution in [0.3, 0.4) is 0 Å². The minimum absolute atomic E-state index is 0.000428. The third kappa shape index (κ3) is 2.82. The first-order valence-electron chi connectivity index (χ1n) is 5.90. The van der Waals surface area contributed by atoms with Crippen LogP contribution in [-0.4, -0.2) is 15.0 Å². The molecule has 0 amide bonds. The number of para-hydroxylation sites is 1. The van der Waals surface area contributed by atoms with Crippen molar-refractivity contribution >= 4 is 0 Å². The lowest BCUT2D eigenvalue weighted by Crippen LogP contribution is -2.28. The molecule has 5 heteroatoms. The summed E-state index contributed by atoms with van der Waals surface area (Å²) in [7, 11) is 0. The molecule has 2 aromatic rings. The van der Waals surface area contributed by atoms with Crippen molar-refractivity contribution in [2.24, 2.45) is 5.84 Å². The van der Waals surface area contributed by atoms with Gasteiger partial charge in [-0.25, -0.2) is 0 Å². The number of allylic oxidation sites excluding steroid dienone is 1. The third-order valence-corrected chi connectivity index (χ3v) is 2.71. The highest BCUT2D eigenvalue weighted by Crippen LogP contribution is 2.15. The zero-order chi connectivity index (χ0) is 12.8. The van der Waals surface area contributed by atoms with Gasteiger partial charge in [-0.1, -0.05) is 24.3 Å². The molecule has 0 radical (unpaired) electrons. The lowest BCUT2D eigenvalue weighted by Gasteiger charge is -2.10. The second kappa shape index (κ2) is 6.09. The van der Waals surface area contributed by atoms with Gasteiger partial charge in [0, 0.05) is 0 Å². The highest BCUT2D eigenvalue weighted by molar-refractivity contribution is 5.28. The van der Waals surface area contributed by atoms with E-state index < -0.39 is 0 Å². The maximum atomic E-state index is 5.53. The van der Waals surface area contributed by atoms with Crippen molar-refractivity contribution in [1.82, 2.24) is 20.4 Å². The van der Waals surface area contributed by atoms with Gasteiger partial charge >= 0.3 is 0 Å². The van der Waals surface area contributed by atoms with Crippen LogP contribution in [0, 0.1) is 0 Å². The molecule has 94 valence electrons. The number of aromatic nitrogens is 3. The van der Waals surface area contributed by atoms with E-state index in [9.17, 15) is 0 Å². The minimum Gasteiger partial charge on any atom is -0.271 e. The van der Waals surface area contributed by atoms with Crippen molar-refractivity contribution < 1.29 is 0 Å². The monoisotopic (exact) mass is 243 g/mol. The standard InChI is InChI=1S/C13H17N5/c1-2-3-9-12(16-14)13-10-15-18(17-13)11-7-5-4-6-8-11/h2,4-8,10,12,16H,1,3,9,14H2. The van der Waals surface area contributed by atoms with Crippen LogP contribution < -0.4 is 11.3 Å². The van der Waals surface area contributed by atoms with Crippen molar-refractivity contribution in [2.75, 3.05) is 0 Å². The molecule has 0 aliphatic carbocycles. The number of hydrazine groups is 1. The van der Waals surface area contributed by atoms with Crippen LogP contribution in [0.4, 0.5) is 0 Å². The van der Waals surface area contributed by atoms with Crippen LogP contribution in [0.1, 0.15) is 24.6 Å². The molecule has 0 saturated carbocycles. The normalized spacial score (nSPS) is 12.3. The van der Waals surface area contributed by atoms with E-state index in [0.29, 0.717) is 0 Å². The quantitative estimate of drug-likeness (QED) is 0.460. The Kier molecular flexibility index (Phi) is 4.22. The van der Waals surface area contributed by atoms with E-state index in [4.69, 9.17) is 5.84 Å².